The van der Waals surface area contributed by atoms with E-state index >= 15 is 0 Å². The highest BCUT2D eigenvalue weighted by Gasteiger charge is 2.38. The molecule has 1 aliphatic carbocycles. The molecule has 1 amide bonds. The van der Waals surface area contributed by atoms with Crippen LogP contribution < -0.4 is 10.6 Å². The number of carbonyl (C=O) groups excluding carboxylic acids is 1. The minimum atomic E-state index is -0.457. The number of benzene rings is 1. The van der Waals surface area contributed by atoms with Crippen LogP contribution in [0.1, 0.15) is 63.6 Å². The maximum absolute atomic E-state index is 12.5. The van der Waals surface area contributed by atoms with Crippen molar-refractivity contribution in [3.05, 3.63) is 29.3 Å². The van der Waals surface area contributed by atoms with E-state index in [-0.39, 0.29) is 23.1 Å². The normalized spacial score (nSPS) is 28.9. The molecule has 1 aliphatic heterocycles. The van der Waals surface area contributed by atoms with Crippen LogP contribution in [0.25, 0.3) is 0 Å². The first-order valence-electron chi connectivity index (χ1n) is 8.26. The van der Waals surface area contributed by atoms with Crippen molar-refractivity contribution in [3.8, 4) is 5.75 Å². The molecule has 0 spiro atoms. The summed E-state index contributed by atoms with van der Waals surface area (Å²) in [6.07, 6.45) is 4.51. The summed E-state index contributed by atoms with van der Waals surface area (Å²) in [5, 5.41) is 16.9. The molecule has 1 aromatic carbocycles. The molecule has 1 saturated heterocycles. The molecule has 1 heterocycles. The van der Waals surface area contributed by atoms with E-state index in [0.717, 1.165) is 18.4 Å². The van der Waals surface area contributed by atoms with Gasteiger partial charge in [-0.3, -0.25) is 10.1 Å². The Balaban J connectivity index is 1.91. The fourth-order valence-corrected chi connectivity index (χ4v) is 3.54. The number of phenolic OH excluding ortho intramolecular Hbond substituents is 1. The summed E-state index contributed by atoms with van der Waals surface area (Å²) >= 11 is 0. The average Bonchev–Trinajstić information content (AvgIpc) is 2.46. The number of piperazine rings is 1. The Labute approximate surface area is 132 Å². The van der Waals surface area contributed by atoms with E-state index in [9.17, 15) is 9.90 Å². The fraction of sp³-hybridized carbons (Fsp3) is 0.611. The van der Waals surface area contributed by atoms with Gasteiger partial charge in [-0.25, -0.2) is 0 Å². The molecular weight excluding hydrogens is 276 g/mol. The molecule has 0 unspecified atom stereocenters. The second kappa shape index (κ2) is 5.58. The van der Waals surface area contributed by atoms with Gasteiger partial charge >= 0.3 is 0 Å². The highest BCUT2D eigenvalue weighted by atomic mass is 16.3. The van der Waals surface area contributed by atoms with E-state index in [1.807, 2.05) is 12.1 Å². The Morgan fingerprint density at radius 3 is 2.50 bits per heavy atom. The summed E-state index contributed by atoms with van der Waals surface area (Å²) in [6.45, 7) is 6.40. The van der Waals surface area contributed by atoms with Gasteiger partial charge in [-0.2, -0.15) is 0 Å². The monoisotopic (exact) mass is 302 g/mol. The second-order valence-corrected chi connectivity index (χ2v) is 7.63. The van der Waals surface area contributed by atoms with E-state index in [1.54, 1.807) is 6.07 Å². The molecule has 3 N–H and O–H groups in total. The van der Waals surface area contributed by atoms with Crippen molar-refractivity contribution in [2.45, 2.75) is 70.0 Å². The third kappa shape index (κ3) is 2.84. The first-order chi connectivity index (χ1) is 10.4. The topological polar surface area (TPSA) is 61.4 Å². The summed E-state index contributed by atoms with van der Waals surface area (Å²) in [6, 6.07) is 5.71. The Kier molecular flexibility index (Phi) is 3.89. The number of fused-ring (bicyclic) bond motifs is 1. The van der Waals surface area contributed by atoms with Gasteiger partial charge in [-0.15, -0.1) is 0 Å². The zero-order chi connectivity index (χ0) is 15.9. The number of rotatable bonds is 1. The van der Waals surface area contributed by atoms with Crippen LogP contribution in [0.15, 0.2) is 18.2 Å². The van der Waals surface area contributed by atoms with E-state index in [1.165, 1.54) is 12.8 Å². The van der Waals surface area contributed by atoms with Gasteiger partial charge in [0.15, 0.2) is 0 Å². The van der Waals surface area contributed by atoms with Crippen molar-refractivity contribution in [2.75, 3.05) is 0 Å². The molecule has 0 radical (unpaired) electrons. The van der Waals surface area contributed by atoms with Gasteiger partial charge in [0.05, 0.1) is 0 Å². The van der Waals surface area contributed by atoms with Gasteiger partial charge in [-0.05, 0) is 36.0 Å². The van der Waals surface area contributed by atoms with E-state index in [4.69, 9.17) is 0 Å². The SMILES string of the molecule is CC(C)(C)c1ccc(O)c([C@H]2N[C@@H]3CCCC[C@H]3NC2=O)c1. The minimum absolute atomic E-state index is 0.0129. The predicted molar refractivity (Wildman–Crippen MR) is 86.9 cm³/mol. The molecule has 0 bridgehead atoms. The Bertz CT molecular complexity index is 577. The van der Waals surface area contributed by atoms with Crippen LogP contribution >= 0.6 is 0 Å². The first-order valence-corrected chi connectivity index (χ1v) is 8.26. The number of carbonyl (C=O) groups is 1. The number of nitrogens with one attached hydrogen (secondary N) is 2. The summed E-state index contributed by atoms with van der Waals surface area (Å²) in [5.41, 5.74) is 1.80. The van der Waals surface area contributed by atoms with E-state index in [2.05, 4.69) is 31.4 Å². The van der Waals surface area contributed by atoms with Crippen LogP contribution in [0.3, 0.4) is 0 Å². The highest BCUT2D eigenvalue weighted by molar-refractivity contribution is 5.85. The fourth-order valence-electron chi connectivity index (χ4n) is 3.54. The molecule has 3 atom stereocenters. The summed E-state index contributed by atoms with van der Waals surface area (Å²) in [4.78, 5) is 12.5. The van der Waals surface area contributed by atoms with Crippen molar-refractivity contribution in [3.63, 3.8) is 0 Å². The lowest BCUT2D eigenvalue weighted by Crippen LogP contribution is -2.61. The van der Waals surface area contributed by atoms with Crippen molar-refractivity contribution >= 4 is 5.91 Å². The van der Waals surface area contributed by atoms with Crippen LogP contribution in [0.5, 0.6) is 5.75 Å². The number of aromatic hydroxyl groups is 1. The Hall–Kier alpha value is -1.55. The average molecular weight is 302 g/mol. The summed E-state index contributed by atoms with van der Waals surface area (Å²) < 4.78 is 0. The van der Waals surface area contributed by atoms with Gasteiger partial charge < -0.3 is 10.4 Å². The van der Waals surface area contributed by atoms with Crippen molar-refractivity contribution in [1.29, 1.82) is 0 Å². The predicted octanol–water partition coefficient (Wildman–Crippen LogP) is 2.76. The van der Waals surface area contributed by atoms with Crippen LogP contribution in [0.2, 0.25) is 0 Å². The summed E-state index contributed by atoms with van der Waals surface area (Å²) in [5.74, 6) is 0.166. The zero-order valence-corrected chi connectivity index (χ0v) is 13.6. The van der Waals surface area contributed by atoms with Gasteiger partial charge in [0.25, 0.3) is 0 Å². The van der Waals surface area contributed by atoms with Gasteiger partial charge in [0.1, 0.15) is 11.8 Å². The maximum atomic E-state index is 12.5. The summed E-state index contributed by atoms with van der Waals surface area (Å²) in [7, 11) is 0. The van der Waals surface area contributed by atoms with Crippen LogP contribution in [-0.2, 0) is 10.2 Å². The molecule has 0 aromatic heterocycles. The van der Waals surface area contributed by atoms with E-state index in [0.29, 0.717) is 11.6 Å². The zero-order valence-electron chi connectivity index (χ0n) is 13.6. The lowest BCUT2D eigenvalue weighted by atomic mass is 9.83. The molecule has 4 nitrogen and oxygen atoms in total. The smallest absolute Gasteiger partial charge is 0.242 e. The Morgan fingerprint density at radius 1 is 1.14 bits per heavy atom. The molecule has 4 heteroatoms. The number of hydrogen-bond donors (Lipinski definition) is 3. The quantitative estimate of drug-likeness (QED) is 0.747. The molecule has 1 saturated carbocycles. The number of phenols is 1. The highest BCUT2D eigenvalue weighted by Crippen LogP contribution is 2.34. The molecule has 22 heavy (non-hydrogen) atoms. The van der Waals surface area contributed by atoms with Gasteiger partial charge in [0, 0.05) is 17.6 Å². The minimum Gasteiger partial charge on any atom is -0.508 e. The molecule has 1 aromatic rings. The Morgan fingerprint density at radius 2 is 1.82 bits per heavy atom. The number of amides is 1. The van der Waals surface area contributed by atoms with Crippen molar-refractivity contribution in [2.24, 2.45) is 0 Å². The van der Waals surface area contributed by atoms with E-state index < -0.39 is 6.04 Å². The second-order valence-electron chi connectivity index (χ2n) is 7.63. The van der Waals surface area contributed by atoms with Crippen LogP contribution in [0, 0.1) is 0 Å². The van der Waals surface area contributed by atoms with Crippen molar-refractivity contribution in [1.82, 2.24) is 10.6 Å². The van der Waals surface area contributed by atoms with Gasteiger partial charge in [0.2, 0.25) is 5.91 Å². The number of hydrogen-bond acceptors (Lipinski definition) is 3. The molecule has 120 valence electrons. The molecule has 2 fully saturated rings. The molecular formula is C18H26N2O2. The van der Waals surface area contributed by atoms with Crippen LogP contribution in [-0.4, -0.2) is 23.1 Å². The van der Waals surface area contributed by atoms with Gasteiger partial charge in [-0.1, -0.05) is 39.7 Å². The lowest BCUT2D eigenvalue weighted by Gasteiger charge is -2.41. The third-order valence-electron chi connectivity index (χ3n) is 4.94. The molecule has 2 aliphatic rings. The third-order valence-corrected chi connectivity index (χ3v) is 4.94. The van der Waals surface area contributed by atoms with Crippen LogP contribution in [0.4, 0.5) is 0 Å². The molecule has 3 rings (SSSR count). The largest absolute Gasteiger partial charge is 0.508 e. The maximum Gasteiger partial charge on any atom is 0.242 e. The lowest BCUT2D eigenvalue weighted by molar-refractivity contribution is -0.127. The first kappa shape index (κ1) is 15.3. The van der Waals surface area contributed by atoms with Crippen molar-refractivity contribution < 1.29 is 9.90 Å². The standard InChI is InChI=1S/C18H26N2O2/c1-18(2,3)11-8-9-15(21)12(10-11)16-17(22)20-14-7-5-4-6-13(14)19-16/h8-10,13-14,16,19,21H,4-7H2,1-3H3,(H,20,22)/t13-,14-,16-/m1/s1.